The number of aryl methyl sites for hydroxylation is 1. The fraction of sp³-hybridized carbons (Fsp3) is 0.125. The predicted octanol–water partition coefficient (Wildman–Crippen LogP) is 1.61. The largest absolute Gasteiger partial charge is 0.440 e. The molecule has 0 fully saturated rings. The molecule has 1 atom stereocenters. The minimum absolute atomic E-state index is 0.0293. The SMILES string of the molecule is Cc1cc2c(c(=O)n1O)C(c1ccccc1)C(C#N)=C(N)O2. The number of ether oxygens (including phenoxy) is 1. The highest BCUT2D eigenvalue weighted by molar-refractivity contribution is 5.55. The van der Waals surface area contributed by atoms with E-state index in [9.17, 15) is 15.3 Å². The molecule has 1 aromatic heterocycles. The van der Waals surface area contributed by atoms with E-state index < -0.39 is 11.5 Å². The number of nitrogens with two attached hydrogens (primary N) is 1. The van der Waals surface area contributed by atoms with Gasteiger partial charge < -0.3 is 15.7 Å². The Morgan fingerprint density at radius 2 is 2.05 bits per heavy atom. The van der Waals surface area contributed by atoms with E-state index in [0.29, 0.717) is 10.4 Å². The Balaban J connectivity index is 2.36. The number of aromatic nitrogens is 1. The second-order valence-electron chi connectivity index (χ2n) is 5.02. The van der Waals surface area contributed by atoms with Crippen LogP contribution < -0.4 is 16.0 Å². The maximum atomic E-state index is 12.4. The van der Waals surface area contributed by atoms with Crippen LogP contribution in [0.2, 0.25) is 0 Å². The molecule has 0 aliphatic carbocycles. The van der Waals surface area contributed by atoms with Gasteiger partial charge in [0.05, 0.1) is 17.2 Å². The molecule has 3 N–H and O–H groups in total. The Kier molecular flexibility index (Phi) is 3.11. The van der Waals surface area contributed by atoms with Crippen LogP contribution in [0.3, 0.4) is 0 Å². The number of pyridine rings is 1. The first-order valence-corrected chi connectivity index (χ1v) is 6.63. The highest BCUT2D eigenvalue weighted by Gasteiger charge is 2.34. The van der Waals surface area contributed by atoms with Crippen molar-refractivity contribution in [1.29, 1.82) is 5.26 Å². The van der Waals surface area contributed by atoms with Crippen molar-refractivity contribution in [3.05, 3.63) is 75.0 Å². The van der Waals surface area contributed by atoms with Gasteiger partial charge in [0.1, 0.15) is 17.4 Å². The molecule has 1 aromatic carbocycles. The lowest BCUT2D eigenvalue weighted by atomic mass is 9.84. The molecule has 0 bridgehead atoms. The van der Waals surface area contributed by atoms with Gasteiger partial charge in [-0.3, -0.25) is 4.79 Å². The Morgan fingerprint density at radius 3 is 2.68 bits per heavy atom. The average Bonchev–Trinajstić information content (AvgIpc) is 2.52. The summed E-state index contributed by atoms with van der Waals surface area (Å²) < 4.78 is 5.96. The van der Waals surface area contributed by atoms with Crippen molar-refractivity contribution < 1.29 is 9.94 Å². The molecule has 1 aliphatic rings. The maximum absolute atomic E-state index is 12.4. The lowest BCUT2D eigenvalue weighted by Crippen LogP contribution is -2.31. The molecule has 110 valence electrons. The molecule has 6 nitrogen and oxygen atoms in total. The zero-order valence-corrected chi connectivity index (χ0v) is 11.8. The van der Waals surface area contributed by atoms with Gasteiger partial charge in [-0.05, 0) is 12.5 Å². The summed E-state index contributed by atoms with van der Waals surface area (Å²) in [5.74, 6) is -0.432. The summed E-state index contributed by atoms with van der Waals surface area (Å²) in [5, 5.41) is 19.3. The molecule has 0 saturated heterocycles. The van der Waals surface area contributed by atoms with Crippen LogP contribution in [0.5, 0.6) is 5.75 Å². The second-order valence-corrected chi connectivity index (χ2v) is 5.02. The summed E-state index contributed by atoms with van der Waals surface area (Å²) in [6.07, 6.45) is 0. The zero-order chi connectivity index (χ0) is 15.9. The highest BCUT2D eigenvalue weighted by atomic mass is 16.5. The van der Waals surface area contributed by atoms with Crippen LogP contribution in [0.1, 0.15) is 22.7 Å². The molecule has 22 heavy (non-hydrogen) atoms. The van der Waals surface area contributed by atoms with E-state index in [1.165, 1.54) is 6.07 Å². The summed E-state index contributed by atoms with van der Waals surface area (Å²) in [6.45, 7) is 1.57. The van der Waals surface area contributed by atoms with Crippen LogP contribution in [0.25, 0.3) is 0 Å². The summed E-state index contributed by atoms with van der Waals surface area (Å²) in [6, 6.07) is 12.6. The number of rotatable bonds is 1. The van der Waals surface area contributed by atoms with Crippen LogP contribution in [-0.2, 0) is 0 Å². The van der Waals surface area contributed by atoms with Crippen LogP contribution >= 0.6 is 0 Å². The molecule has 0 saturated carbocycles. The number of fused-ring (bicyclic) bond motifs is 1. The first-order valence-electron chi connectivity index (χ1n) is 6.63. The highest BCUT2D eigenvalue weighted by Crippen LogP contribution is 2.40. The molecule has 1 unspecified atom stereocenters. The summed E-state index contributed by atoms with van der Waals surface area (Å²) in [4.78, 5) is 12.4. The third-order valence-electron chi connectivity index (χ3n) is 3.68. The molecule has 0 radical (unpaired) electrons. The molecular formula is C16H13N3O3. The van der Waals surface area contributed by atoms with Crippen LogP contribution in [0.4, 0.5) is 0 Å². The third kappa shape index (κ3) is 1.91. The molecule has 0 amide bonds. The van der Waals surface area contributed by atoms with E-state index in [1.54, 1.807) is 31.2 Å². The number of allylic oxidation sites excluding steroid dienone is 1. The smallest absolute Gasteiger partial charge is 0.291 e. The van der Waals surface area contributed by atoms with Gasteiger partial charge >= 0.3 is 0 Å². The topological polar surface area (TPSA) is 101 Å². The molecule has 2 heterocycles. The third-order valence-corrected chi connectivity index (χ3v) is 3.68. The number of nitriles is 1. The van der Waals surface area contributed by atoms with Gasteiger partial charge in [0.15, 0.2) is 0 Å². The van der Waals surface area contributed by atoms with Gasteiger partial charge in [-0.1, -0.05) is 30.3 Å². The quantitative estimate of drug-likeness (QED) is 0.778. The molecule has 3 rings (SSSR count). The van der Waals surface area contributed by atoms with Gasteiger partial charge in [-0.2, -0.15) is 9.99 Å². The van der Waals surface area contributed by atoms with Gasteiger partial charge in [0.2, 0.25) is 5.88 Å². The Hall–Kier alpha value is -3.20. The van der Waals surface area contributed by atoms with Crippen molar-refractivity contribution in [3.63, 3.8) is 0 Å². The standard InChI is InChI=1S/C16H13N3O3/c1-9-7-12-14(16(20)19(9)21)13(10-5-3-2-4-6-10)11(8-17)15(18)22-12/h2-7,13,21H,18H2,1H3. The summed E-state index contributed by atoms with van der Waals surface area (Å²) in [7, 11) is 0. The Labute approximate surface area is 126 Å². The van der Waals surface area contributed by atoms with E-state index in [4.69, 9.17) is 10.5 Å². The number of hydrogen-bond donors (Lipinski definition) is 2. The zero-order valence-electron chi connectivity index (χ0n) is 11.8. The maximum Gasteiger partial charge on any atom is 0.291 e. The van der Waals surface area contributed by atoms with Crippen molar-refractivity contribution in [1.82, 2.24) is 4.73 Å². The van der Waals surface area contributed by atoms with Crippen LogP contribution in [-0.4, -0.2) is 9.94 Å². The van der Waals surface area contributed by atoms with Crippen LogP contribution in [0, 0.1) is 18.3 Å². The lowest BCUT2D eigenvalue weighted by molar-refractivity contribution is 0.165. The fourth-order valence-electron chi connectivity index (χ4n) is 2.62. The Bertz CT molecular complexity index is 876. The lowest BCUT2D eigenvalue weighted by Gasteiger charge is -2.26. The van der Waals surface area contributed by atoms with Gasteiger partial charge in [-0.15, -0.1) is 0 Å². The second kappa shape index (κ2) is 4.97. The first kappa shape index (κ1) is 13.8. The van der Waals surface area contributed by atoms with Crippen molar-refractivity contribution >= 4 is 0 Å². The normalized spacial score (nSPS) is 16.6. The first-order chi connectivity index (χ1) is 10.5. The number of hydrogen-bond acceptors (Lipinski definition) is 5. The molecule has 2 aromatic rings. The van der Waals surface area contributed by atoms with Gasteiger partial charge in [-0.25, -0.2) is 0 Å². The predicted molar refractivity (Wildman–Crippen MR) is 78.4 cm³/mol. The fourth-order valence-corrected chi connectivity index (χ4v) is 2.62. The number of nitrogens with zero attached hydrogens (tertiary/aromatic N) is 2. The van der Waals surface area contributed by atoms with Gasteiger partial charge in [0, 0.05) is 6.07 Å². The van der Waals surface area contributed by atoms with Gasteiger partial charge in [0.25, 0.3) is 5.56 Å². The minimum atomic E-state index is -0.665. The molecular weight excluding hydrogens is 282 g/mol. The monoisotopic (exact) mass is 295 g/mol. The number of benzene rings is 1. The molecule has 1 aliphatic heterocycles. The van der Waals surface area contributed by atoms with Crippen molar-refractivity contribution in [2.24, 2.45) is 5.73 Å². The Morgan fingerprint density at radius 1 is 1.36 bits per heavy atom. The van der Waals surface area contributed by atoms with Crippen molar-refractivity contribution in [3.8, 4) is 11.8 Å². The van der Waals surface area contributed by atoms with E-state index >= 15 is 0 Å². The minimum Gasteiger partial charge on any atom is -0.440 e. The van der Waals surface area contributed by atoms with Crippen molar-refractivity contribution in [2.45, 2.75) is 12.8 Å². The van der Waals surface area contributed by atoms with E-state index in [0.717, 1.165) is 5.56 Å². The molecule has 6 heteroatoms. The summed E-state index contributed by atoms with van der Waals surface area (Å²) in [5.41, 5.74) is 6.62. The van der Waals surface area contributed by atoms with Crippen molar-refractivity contribution in [2.75, 3.05) is 0 Å². The van der Waals surface area contributed by atoms with E-state index in [-0.39, 0.29) is 22.8 Å². The van der Waals surface area contributed by atoms with Crippen LogP contribution in [0.15, 0.2) is 52.6 Å². The average molecular weight is 295 g/mol. The summed E-state index contributed by atoms with van der Waals surface area (Å²) >= 11 is 0. The van der Waals surface area contributed by atoms with E-state index in [2.05, 4.69) is 0 Å². The molecule has 0 spiro atoms. The van der Waals surface area contributed by atoms with E-state index in [1.807, 2.05) is 12.1 Å².